The van der Waals surface area contributed by atoms with Gasteiger partial charge >= 0.3 is 0 Å². The number of amides is 1. The maximum Gasteiger partial charge on any atom is 0.228 e. The van der Waals surface area contributed by atoms with Gasteiger partial charge in [-0.1, -0.05) is 71.0 Å². The van der Waals surface area contributed by atoms with E-state index < -0.39 is 0 Å². The maximum absolute atomic E-state index is 12.6. The number of nitrogens with zero attached hydrogens (tertiary/aromatic N) is 1. The van der Waals surface area contributed by atoms with E-state index in [1.165, 1.54) is 5.56 Å². The van der Waals surface area contributed by atoms with Crippen molar-refractivity contribution in [2.45, 2.75) is 20.8 Å². The van der Waals surface area contributed by atoms with E-state index in [1.54, 1.807) is 30.0 Å². The number of allylic oxidation sites excluding steroid dienone is 1. The Morgan fingerprint density at radius 1 is 0.862 bits per heavy atom. The molecule has 0 aromatic heterocycles. The summed E-state index contributed by atoms with van der Waals surface area (Å²) in [6.07, 6.45) is 1.79. The number of aryl methyl sites for hydroxylation is 2. The Morgan fingerprint density at radius 2 is 1.41 bits per heavy atom. The molecule has 0 saturated heterocycles. The summed E-state index contributed by atoms with van der Waals surface area (Å²) in [7, 11) is 0. The summed E-state index contributed by atoms with van der Waals surface area (Å²) in [6, 6.07) is 23.3. The van der Waals surface area contributed by atoms with Gasteiger partial charge < -0.3 is 0 Å². The first kappa shape index (κ1) is 20.5. The second-order valence-corrected chi connectivity index (χ2v) is 7.30. The zero-order chi connectivity index (χ0) is 20.8. The molecule has 0 spiro atoms. The minimum Gasteiger partial charge on any atom is -0.280 e. The van der Waals surface area contributed by atoms with Crippen LogP contribution in [0.25, 0.3) is 5.70 Å². The largest absolute Gasteiger partial charge is 0.280 e. The molecule has 0 unspecified atom stereocenters. The third kappa shape index (κ3) is 5.38. The van der Waals surface area contributed by atoms with Gasteiger partial charge in [0.25, 0.3) is 0 Å². The van der Waals surface area contributed by atoms with Crippen LogP contribution in [0.2, 0.25) is 5.02 Å². The molecule has 0 fully saturated rings. The monoisotopic (exact) mass is 399 g/mol. The number of carbonyl (C=O) groups excluding carboxylic acids is 1. The van der Waals surface area contributed by atoms with Crippen LogP contribution in [0.4, 0.5) is 5.69 Å². The second-order valence-electron chi connectivity index (χ2n) is 6.86. The summed E-state index contributed by atoms with van der Waals surface area (Å²) in [4.78, 5) is 14.2. The third-order valence-electron chi connectivity index (χ3n) is 4.46. The van der Waals surface area contributed by atoms with E-state index in [1.807, 2.05) is 74.5 Å². The number of halogens is 1. The number of hydrogen-bond donors (Lipinski definition) is 0. The first-order chi connectivity index (χ1) is 13.9. The molecule has 1 amide bonds. The standard InChI is InChI=1S/C26H22ClNO/c1-19-7-11-22(12-8-19)5-4-6-26(23-13-9-20(2)10-14-23)28(21(3)29)25-17-15-24(27)16-18-25/h6-18H,1-3H3/b26-6+. The lowest BCUT2D eigenvalue weighted by molar-refractivity contribution is -0.115. The van der Waals surface area contributed by atoms with Crippen molar-refractivity contribution in [2.24, 2.45) is 0 Å². The normalized spacial score (nSPS) is 10.8. The zero-order valence-corrected chi connectivity index (χ0v) is 17.5. The third-order valence-corrected chi connectivity index (χ3v) is 4.72. The summed E-state index contributed by atoms with van der Waals surface area (Å²) in [6.45, 7) is 5.62. The van der Waals surface area contributed by atoms with Gasteiger partial charge in [0.05, 0.1) is 5.70 Å². The van der Waals surface area contributed by atoms with Crippen molar-refractivity contribution in [3.8, 4) is 11.8 Å². The smallest absolute Gasteiger partial charge is 0.228 e. The van der Waals surface area contributed by atoms with Crippen LogP contribution in [0.1, 0.15) is 29.2 Å². The highest BCUT2D eigenvalue weighted by Crippen LogP contribution is 2.28. The van der Waals surface area contributed by atoms with Crippen LogP contribution in [0.3, 0.4) is 0 Å². The molecule has 3 aromatic rings. The molecule has 0 bridgehead atoms. The van der Waals surface area contributed by atoms with E-state index in [0.29, 0.717) is 5.02 Å². The molecule has 0 atom stereocenters. The molecule has 144 valence electrons. The van der Waals surface area contributed by atoms with E-state index in [2.05, 4.69) is 11.8 Å². The molecule has 3 aromatic carbocycles. The number of hydrogen-bond acceptors (Lipinski definition) is 1. The van der Waals surface area contributed by atoms with E-state index in [0.717, 1.165) is 28.1 Å². The fourth-order valence-electron chi connectivity index (χ4n) is 2.91. The molecule has 3 heteroatoms. The molecule has 0 radical (unpaired) electrons. The Bertz CT molecular complexity index is 1080. The average Bonchev–Trinajstić information content (AvgIpc) is 2.70. The number of rotatable bonds is 3. The summed E-state index contributed by atoms with van der Waals surface area (Å²) >= 11 is 6.03. The van der Waals surface area contributed by atoms with Gasteiger partial charge in [-0.2, -0.15) is 0 Å². The highest BCUT2D eigenvalue weighted by atomic mass is 35.5. The molecular weight excluding hydrogens is 378 g/mol. The Kier molecular flexibility index (Phi) is 6.54. The molecule has 3 rings (SSSR count). The predicted octanol–water partition coefficient (Wildman–Crippen LogP) is 6.40. The van der Waals surface area contributed by atoms with Crippen molar-refractivity contribution in [1.82, 2.24) is 0 Å². The van der Waals surface area contributed by atoms with E-state index in [-0.39, 0.29) is 5.91 Å². The SMILES string of the molecule is CC(=O)N(/C(=C/C#Cc1ccc(C)cc1)c1ccc(C)cc1)c1ccc(Cl)cc1. The minimum atomic E-state index is -0.101. The van der Waals surface area contributed by atoms with Gasteiger partial charge in [0.1, 0.15) is 0 Å². The van der Waals surface area contributed by atoms with Crippen molar-refractivity contribution < 1.29 is 4.79 Å². The minimum absolute atomic E-state index is 0.101. The van der Waals surface area contributed by atoms with Gasteiger partial charge in [-0.3, -0.25) is 9.69 Å². The van der Waals surface area contributed by atoms with Crippen molar-refractivity contribution in [3.05, 3.63) is 106 Å². The van der Waals surface area contributed by atoms with Crippen molar-refractivity contribution >= 4 is 28.9 Å². The summed E-state index contributed by atoms with van der Waals surface area (Å²) in [5.41, 5.74) is 5.65. The number of benzene rings is 3. The number of carbonyl (C=O) groups is 1. The van der Waals surface area contributed by atoms with Gasteiger partial charge in [-0.25, -0.2) is 0 Å². The van der Waals surface area contributed by atoms with E-state index in [4.69, 9.17) is 11.6 Å². The van der Waals surface area contributed by atoms with E-state index >= 15 is 0 Å². The fraction of sp³-hybridized carbons (Fsp3) is 0.115. The topological polar surface area (TPSA) is 20.3 Å². The lowest BCUT2D eigenvalue weighted by Gasteiger charge is -2.24. The van der Waals surface area contributed by atoms with Gasteiger partial charge in [-0.15, -0.1) is 0 Å². The summed E-state index contributed by atoms with van der Waals surface area (Å²) < 4.78 is 0. The van der Waals surface area contributed by atoms with Gasteiger partial charge in [0.15, 0.2) is 0 Å². The quantitative estimate of drug-likeness (QED) is 0.466. The van der Waals surface area contributed by atoms with Gasteiger partial charge in [0.2, 0.25) is 5.91 Å². The first-order valence-electron chi connectivity index (χ1n) is 9.36. The molecule has 0 saturated carbocycles. The van der Waals surface area contributed by atoms with Gasteiger partial charge in [-0.05, 0) is 55.8 Å². The Morgan fingerprint density at radius 3 is 1.97 bits per heavy atom. The molecule has 0 aliphatic rings. The van der Waals surface area contributed by atoms with Crippen LogP contribution in [0.15, 0.2) is 78.9 Å². The van der Waals surface area contributed by atoms with Crippen molar-refractivity contribution in [1.29, 1.82) is 0 Å². The summed E-state index contributed by atoms with van der Waals surface area (Å²) in [5.74, 6) is 6.17. The molecular formula is C26H22ClNO. The van der Waals surface area contributed by atoms with E-state index in [9.17, 15) is 4.79 Å². The highest BCUT2D eigenvalue weighted by Gasteiger charge is 2.18. The maximum atomic E-state index is 12.6. The van der Waals surface area contributed by atoms with Crippen molar-refractivity contribution in [3.63, 3.8) is 0 Å². The summed E-state index contributed by atoms with van der Waals surface area (Å²) in [5, 5.41) is 0.622. The van der Waals surface area contributed by atoms with Crippen LogP contribution in [-0.4, -0.2) is 5.91 Å². The van der Waals surface area contributed by atoms with Crippen LogP contribution >= 0.6 is 11.6 Å². The zero-order valence-electron chi connectivity index (χ0n) is 16.7. The second kappa shape index (κ2) is 9.28. The Labute approximate surface area is 177 Å². The highest BCUT2D eigenvalue weighted by molar-refractivity contribution is 6.30. The molecule has 0 aliphatic heterocycles. The van der Waals surface area contributed by atoms with Crippen LogP contribution < -0.4 is 4.90 Å². The van der Waals surface area contributed by atoms with Gasteiger partial charge in [0, 0.05) is 29.3 Å². The molecule has 0 aliphatic carbocycles. The lowest BCUT2D eigenvalue weighted by atomic mass is 10.1. The van der Waals surface area contributed by atoms with Crippen LogP contribution in [-0.2, 0) is 4.79 Å². The van der Waals surface area contributed by atoms with Crippen LogP contribution in [0, 0.1) is 25.7 Å². The molecule has 0 heterocycles. The molecule has 29 heavy (non-hydrogen) atoms. The fourth-order valence-corrected chi connectivity index (χ4v) is 3.03. The van der Waals surface area contributed by atoms with Crippen molar-refractivity contribution in [2.75, 3.05) is 4.90 Å². The number of anilines is 1. The molecule has 0 N–H and O–H groups in total. The average molecular weight is 400 g/mol. The predicted molar refractivity (Wildman–Crippen MR) is 122 cm³/mol. The Hall–Kier alpha value is -3.28. The van der Waals surface area contributed by atoms with Crippen LogP contribution in [0.5, 0.6) is 0 Å². The lowest BCUT2D eigenvalue weighted by Crippen LogP contribution is -2.26. The Balaban J connectivity index is 2.08. The first-order valence-corrected chi connectivity index (χ1v) is 9.73. The molecule has 2 nitrogen and oxygen atoms in total.